The van der Waals surface area contributed by atoms with Crippen molar-refractivity contribution in [1.82, 2.24) is 19.8 Å². The molecule has 2 aliphatic heterocycles. The topological polar surface area (TPSA) is 52.6 Å². The molecule has 1 aliphatic carbocycles. The van der Waals surface area contributed by atoms with Crippen LogP contribution in [0.15, 0.2) is 46.6 Å². The van der Waals surface area contributed by atoms with Gasteiger partial charge in [-0.1, -0.05) is 48.7 Å². The summed E-state index contributed by atoms with van der Waals surface area (Å²) in [7, 11) is 0. The Morgan fingerprint density at radius 1 is 0.882 bits per heavy atom. The van der Waals surface area contributed by atoms with Gasteiger partial charge in [0.05, 0.1) is 5.92 Å². The molecule has 182 valence electrons. The van der Waals surface area contributed by atoms with Gasteiger partial charge in [0.25, 0.3) is 0 Å². The van der Waals surface area contributed by atoms with Gasteiger partial charge in [-0.15, -0.1) is 0 Å². The molecule has 6 nitrogen and oxygen atoms in total. The lowest BCUT2D eigenvalue weighted by atomic mass is 9.93. The van der Waals surface area contributed by atoms with Crippen LogP contribution in [0.3, 0.4) is 0 Å². The number of hydrogen-bond acceptors (Lipinski definition) is 6. The normalized spacial score (nSPS) is 22.7. The van der Waals surface area contributed by atoms with Gasteiger partial charge in [0.1, 0.15) is 5.03 Å². The molecule has 0 N–H and O–H groups in total. The third kappa shape index (κ3) is 5.57. The second-order valence-corrected chi connectivity index (χ2v) is 11.1. The highest BCUT2D eigenvalue weighted by Gasteiger charge is 2.33. The first-order chi connectivity index (χ1) is 16.7. The molecule has 0 unspecified atom stereocenters. The Balaban J connectivity index is 1.20. The number of nitrogens with zero attached hydrogens (tertiary/aromatic N) is 5. The van der Waals surface area contributed by atoms with Crippen LogP contribution in [-0.4, -0.2) is 71.0 Å². The van der Waals surface area contributed by atoms with Crippen LogP contribution in [0.2, 0.25) is 0 Å². The zero-order valence-corrected chi connectivity index (χ0v) is 21.2. The van der Waals surface area contributed by atoms with E-state index in [1.807, 2.05) is 0 Å². The molecule has 1 atom stereocenters. The predicted octanol–water partition coefficient (Wildman–Crippen LogP) is 4.63. The molecule has 7 heteroatoms. The molecule has 1 saturated carbocycles. The molecule has 0 spiro atoms. The molecule has 1 amide bonds. The van der Waals surface area contributed by atoms with Crippen LogP contribution in [0, 0.1) is 12.8 Å². The molecule has 3 heterocycles. The van der Waals surface area contributed by atoms with E-state index in [-0.39, 0.29) is 5.92 Å². The first kappa shape index (κ1) is 23.6. The summed E-state index contributed by atoms with van der Waals surface area (Å²) in [6.45, 7) is 7.60. The molecule has 1 aromatic heterocycles. The number of aryl methyl sites for hydroxylation is 1. The van der Waals surface area contributed by atoms with Crippen molar-refractivity contribution in [3.8, 4) is 0 Å². The molecule has 2 saturated heterocycles. The fourth-order valence-corrected chi connectivity index (χ4v) is 6.59. The summed E-state index contributed by atoms with van der Waals surface area (Å²) in [6, 6.07) is 9.27. The molecule has 0 radical (unpaired) electrons. The van der Waals surface area contributed by atoms with E-state index in [2.05, 4.69) is 50.9 Å². The van der Waals surface area contributed by atoms with Crippen molar-refractivity contribution in [1.29, 1.82) is 0 Å². The van der Waals surface area contributed by atoms with Gasteiger partial charge >= 0.3 is 0 Å². The molecule has 0 bridgehead atoms. The Kier molecular flexibility index (Phi) is 7.70. The second kappa shape index (κ2) is 11.1. The summed E-state index contributed by atoms with van der Waals surface area (Å²) in [5.74, 6) is 1.30. The number of aromatic nitrogens is 2. The van der Waals surface area contributed by atoms with Crippen LogP contribution >= 0.6 is 11.8 Å². The van der Waals surface area contributed by atoms with Crippen LogP contribution in [0.25, 0.3) is 0 Å². The highest BCUT2D eigenvalue weighted by molar-refractivity contribution is 7.99. The van der Waals surface area contributed by atoms with E-state index in [1.54, 1.807) is 24.2 Å². The van der Waals surface area contributed by atoms with Gasteiger partial charge < -0.3 is 9.80 Å². The van der Waals surface area contributed by atoms with Crippen LogP contribution < -0.4 is 4.90 Å². The Hall–Kier alpha value is -2.12. The molecule has 1 aromatic carbocycles. The van der Waals surface area contributed by atoms with Gasteiger partial charge in [-0.05, 0) is 44.7 Å². The lowest BCUT2D eigenvalue weighted by Gasteiger charge is -2.42. The SMILES string of the molecule is Cc1ccc(Sc2nccnc2N2CCC[C@H](C(=O)N3CCN(C4CCCCC4)CC3)C2)cc1. The summed E-state index contributed by atoms with van der Waals surface area (Å²) in [5.41, 5.74) is 1.25. The van der Waals surface area contributed by atoms with Crippen molar-refractivity contribution >= 4 is 23.5 Å². The van der Waals surface area contributed by atoms with E-state index >= 15 is 0 Å². The summed E-state index contributed by atoms with van der Waals surface area (Å²) >= 11 is 1.65. The summed E-state index contributed by atoms with van der Waals surface area (Å²) < 4.78 is 0. The highest BCUT2D eigenvalue weighted by atomic mass is 32.2. The molecule has 5 rings (SSSR count). The van der Waals surface area contributed by atoms with Crippen LogP contribution in [-0.2, 0) is 4.79 Å². The molecule has 2 aromatic rings. The van der Waals surface area contributed by atoms with Crippen molar-refractivity contribution in [2.75, 3.05) is 44.2 Å². The van der Waals surface area contributed by atoms with E-state index in [0.29, 0.717) is 5.91 Å². The number of hydrogen-bond donors (Lipinski definition) is 0. The minimum absolute atomic E-state index is 0.0502. The average Bonchev–Trinajstić information content (AvgIpc) is 2.90. The lowest BCUT2D eigenvalue weighted by Crippen LogP contribution is -2.54. The van der Waals surface area contributed by atoms with E-state index in [0.717, 1.165) is 73.9 Å². The zero-order valence-electron chi connectivity index (χ0n) is 20.4. The Morgan fingerprint density at radius 2 is 1.62 bits per heavy atom. The van der Waals surface area contributed by atoms with Crippen molar-refractivity contribution in [3.05, 3.63) is 42.2 Å². The summed E-state index contributed by atoms with van der Waals surface area (Å²) in [6.07, 6.45) is 12.3. The van der Waals surface area contributed by atoms with Gasteiger partial charge in [-0.2, -0.15) is 0 Å². The third-order valence-electron chi connectivity index (χ3n) is 7.67. The second-order valence-electron chi connectivity index (χ2n) is 10.0. The van der Waals surface area contributed by atoms with E-state index in [9.17, 15) is 4.79 Å². The largest absolute Gasteiger partial charge is 0.354 e. The lowest BCUT2D eigenvalue weighted by molar-refractivity contribution is -0.138. The van der Waals surface area contributed by atoms with E-state index in [4.69, 9.17) is 4.98 Å². The maximum Gasteiger partial charge on any atom is 0.227 e. The molecule has 3 aliphatic rings. The zero-order chi connectivity index (χ0) is 23.3. The fourth-order valence-electron chi connectivity index (χ4n) is 5.71. The first-order valence-corrected chi connectivity index (χ1v) is 13.8. The standard InChI is InChI=1S/C27H37N5OS/c1-21-9-11-24(12-10-21)34-26-25(28-13-14-29-26)32-15-5-6-22(20-32)27(33)31-18-16-30(17-19-31)23-7-3-2-4-8-23/h9-14,22-23H,2-8,15-20H2,1H3/t22-/m0/s1. The first-order valence-electron chi connectivity index (χ1n) is 13.0. The van der Waals surface area contributed by atoms with Crippen molar-refractivity contribution in [3.63, 3.8) is 0 Å². The number of piperidine rings is 1. The third-order valence-corrected chi connectivity index (χ3v) is 8.66. The number of carbonyl (C=O) groups is 1. The average molecular weight is 480 g/mol. The van der Waals surface area contributed by atoms with Crippen LogP contribution in [0.5, 0.6) is 0 Å². The van der Waals surface area contributed by atoms with Gasteiger partial charge in [-0.25, -0.2) is 9.97 Å². The van der Waals surface area contributed by atoms with Crippen molar-refractivity contribution in [2.24, 2.45) is 5.92 Å². The van der Waals surface area contributed by atoms with E-state index in [1.165, 1.54) is 37.7 Å². The van der Waals surface area contributed by atoms with Crippen LogP contribution in [0.1, 0.15) is 50.5 Å². The Bertz CT molecular complexity index is 954. The summed E-state index contributed by atoms with van der Waals surface area (Å²) in [5, 5.41) is 0.917. The smallest absolute Gasteiger partial charge is 0.227 e. The van der Waals surface area contributed by atoms with Crippen LogP contribution in [0.4, 0.5) is 5.82 Å². The fraction of sp³-hybridized carbons (Fsp3) is 0.593. The number of anilines is 1. The maximum absolute atomic E-state index is 13.5. The minimum atomic E-state index is 0.0502. The van der Waals surface area contributed by atoms with Gasteiger partial charge in [0, 0.05) is 62.6 Å². The Morgan fingerprint density at radius 3 is 2.38 bits per heavy atom. The van der Waals surface area contributed by atoms with E-state index < -0.39 is 0 Å². The highest BCUT2D eigenvalue weighted by Crippen LogP contribution is 2.34. The minimum Gasteiger partial charge on any atom is -0.354 e. The quantitative estimate of drug-likeness (QED) is 0.623. The van der Waals surface area contributed by atoms with Gasteiger partial charge in [0.15, 0.2) is 5.82 Å². The van der Waals surface area contributed by atoms with Gasteiger partial charge in [-0.3, -0.25) is 9.69 Å². The number of piperazine rings is 1. The molecular weight excluding hydrogens is 442 g/mol. The number of benzene rings is 1. The monoisotopic (exact) mass is 479 g/mol. The van der Waals surface area contributed by atoms with Crippen molar-refractivity contribution < 1.29 is 4.79 Å². The van der Waals surface area contributed by atoms with Crippen molar-refractivity contribution in [2.45, 2.75) is 67.8 Å². The summed E-state index contributed by atoms with van der Waals surface area (Å²) in [4.78, 5) is 31.0. The number of amides is 1. The molecule has 34 heavy (non-hydrogen) atoms. The Labute approximate surface area is 208 Å². The number of carbonyl (C=O) groups excluding carboxylic acids is 1. The molecule has 3 fully saturated rings. The van der Waals surface area contributed by atoms with Gasteiger partial charge in [0.2, 0.25) is 5.91 Å². The molecular formula is C27H37N5OS. The predicted molar refractivity (Wildman–Crippen MR) is 137 cm³/mol. The number of rotatable bonds is 5. The maximum atomic E-state index is 13.5.